The Labute approximate surface area is 113 Å². The zero-order valence-corrected chi connectivity index (χ0v) is 11.3. The molecule has 3 rings (SSSR count). The van der Waals surface area contributed by atoms with Crippen LogP contribution in [-0.4, -0.2) is 21.8 Å². The van der Waals surface area contributed by atoms with E-state index in [0.717, 1.165) is 28.8 Å². The normalized spacial score (nSPS) is 15.2. The van der Waals surface area contributed by atoms with Crippen LogP contribution >= 0.6 is 15.9 Å². The van der Waals surface area contributed by atoms with Gasteiger partial charge in [-0.2, -0.15) is 5.10 Å². The zero-order valence-electron chi connectivity index (χ0n) is 9.69. The van der Waals surface area contributed by atoms with Crippen molar-refractivity contribution in [3.8, 4) is 5.75 Å². The van der Waals surface area contributed by atoms with Gasteiger partial charge < -0.3 is 10.5 Å². The number of hydrogen-bond donors (Lipinski definition) is 2. The zero-order chi connectivity index (χ0) is 12.5. The van der Waals surface area contributed by atoms with Crippen LogP contribution in [0, 0.1) is 0 Å². The minimum Gasteiger partial charge on any atom is -0.493 e. The molecule has 1 aromatic carbocycles. The van der Waals surface area contributed by atoms with Gasteiger partial charge in [-0.15, -0.1) is 0 Å². The fourth-order valence-electron chi connectivity index (χ4n) is 2.22. The molecule has 5 nitrogen and oxygen atoms in total. The number of hydrogen-bond acceptors (Lipinski definition) is 4. The number of nitrogens with two attached hydrogens (primary N) is 1. The third-order valence-corrected chi connectivity index (χ3v) is 3.51. The molecular formula is C12H13BrN4O. The third-order valence-electron chi connectivity index (χ3n) is 3.05. The van der Waals surface area contributed by atoms with Crippen LogP contribution in [0.5, 0.6) is 5.75 Å². The van der Waals surface area contributed by atoms with Crippen LogP contribution in [0.15, 0.2) is 22.9 Å². The predicted octanol–water partition coefficient (Wildman–Crippen LogP) is 1.74. The lowest BCUT2D eigenvalue weighted by atomic mass is 10.0. The molecule has 1 aromatic heterocycles. The molecule has 0 bridgehead atoms. The number of aromatic amines is 1. The standard InChI is InChI=1S/C12H13BrN4O/c13-9-3-7-1-2-18-11(7)8(4-9)5-10(14)12-15-6-16-17-12/h3-4,6,10H,1-2,5,14H2,(H,15,16,17). The van der Waals surface area contributed by atoms with Crippen LogP contribution in [0.2, 0.25) is 0 Å². The number of H-pyrrole nitrogens is 1. The number of aromatic nitrogens is 3. The number of benzene rings is 1. The summed E-state index contributed by atoms with van der Waals surface area (Å²) in [6.07, 6.45) is 3.10. The van der Waals surface area contributed by atoms with Crippen LogP contribution in [0.25, 0.3) is 0 Å². The highest BCUT2D eigenvalue weighted by Crippen LogP contribution is 2.34. The topological polar surface area (TPSA) is 76.8 Å². The SMILES string of the molecule is NC(Cc1cc(Br)cc2c1OCC2)c1ncn[nH]1. The second kappa shape index (κ2) is 4.70. The third kappa shape index (κ3) is 2.13. The van der Waals surface area contributed by atoms with E-state index in [1.165, 1.54) is 11.9 Å². The summed E-state index contributed by atoms with van der Waals surface area (Å²) in [5, 5.41) is 6.62. The first-order valence-corrected chi connectivity index (χ1v) is 6.58. The summed E-state index contributed by atoms with van der Waals surface area (Å²) in [7, 11) is 0. The van der Waals surface area contributed by atoms with Crippen LogP contribution in [0.3, 0.4) is 0 Å². The predicted molar refractivity (Wildman–Crippen MR) is 70.4 cm³/mol. The van der Waals surface area contributed by atoms with Gasteiger partial charge in [-0.25, -0.2) is 4.98 Å². The van der Waals surface area contributed by atoms with Crippen molar-refractivity contribution in [3.05, 3.63) is 39.9 Å². The van der Waals surface area contributed by atoms with Gasteiger partial charge in [-0.1, -0.05) is 15.9 Å². The molecule has 2 aromatic rings. The Morgan fingerprint density at radius 2 is 2.39 bits per heavy atom. The summed E-state index contributed by atoms with van der Waals surface area (Å²) in [5.41, 5.74) is 8.46. The summed E-state index contributed by atoms with van der Waals surface area (Å²) in [4.78, 5) is 4.08. The molecule has 6 heteroatoms. The summed E-state index contributed by atoms with van der Waals surface area (Å²) >= 11 is 3.52. The van der Waals surface area contributed by atoms with E-state index in [0.29, 0.717) is 12.2 Å². The highest BCUT2D eigenvalue weighted by atomic mass is 79.9. The van der Waals surface area contributed by atoms with Gasteiger partial charge in [0.05, 0.1) is 12.6 Å². The van der Waals surface area contributed by atoms with E-state index in [-0.39, 0.29) is 6.04 Å². The van der Waals surface area contributed by atoms with E-state index in [4.69, 9.17) is 10.5 Å². The van der Waals surface area contributed by atoms with Gasteiger partial charge in [0.25, 0.3) is 0 Å². The van der Waals surface area contributed by atoms with Gasteiger partial charge in [-0.3, -0.25) is 5.10 Å². The molecule has 0 spiro atoms. The molecule has 1 unspecified atom stereocenters. The van der Waals surface area contributed by atoms with Crippen molar-refractivity contribution in [1.29, 1.82) is 0 Å². The molecule has 0 aliphatic carbocycles. The lowest BCUT2D eigenvalue weighted by Gasteiger charge is -2.12. The molecule has 1 aliphatic rings. The van der Waals surface area contributed by atoms with Gasteiger partial charge in [0.2, 0.25) is 0 Å². The van der Waals surface area contributed by atoms with Crippen molar-refractivity contribution >= 4 is 15.9 Å². The van der Waals surface area contributed by atoms with Crippen molar-refractivity contribution in [3.63, 3.8) is 0 Å². The number of rotatable bonds is 3. The molecule has 94 valence electrons. The molecule has 0 saturated heterocycles. The molecule has 1 aliphatic heterocycles. The largest absolute Gasteiger partial charge is 0.493 e. The Bertz CT molecular complexity index is 555. The summed E-state index contributed by atoms with van der Waals surface area (Å²) in [5.74, 6) is 1.68. The van der Waals surface area contributed by atoms with Crippen LogP contribution in [0.1, 0.15) is 23.0 Å². The van der Waals surface area contributed by atoms with Crippen LogP contribution in [0.4, 0.5) is 0 Å². The van der Waals surface area contributed by atoms with E-state index in [9.17, 15) is 0 Å². The average Bonchev–Trinajstić information content (AvgIpc) is 2.98. The number of fused-ring (bicyclic) bond motifs is 1. The van der Waals surface area contributed by atoms with Crippen molar-refractivity contribution < 1.29 is 4.74 Å². The van der Waals surface area contributed by atoms with Gasteiger partial charge >= 0.3 is 0 Å². The minimum atomic E-state index is -0.199. The summed E-state index contributed by atoms with van der Waals surface area (Å²) in [6.45, 7) is 0.746. The molecule has 2 heterocycles. The lowest BCUT2D eigenvalue weighted by Crippen LogP contribution is -2.15. The molecule has 3 N–H and O–H groups in total. The highest BCUT2D eigenvalue weighted by molar-refractivity contribution is 9.10. The molecule has 0 saturated carbocycles. The fraction of sp³-hybridized carbons (Fsp3) is 0.333. The van der Waals surface area contributed by atoms with Crippen molar-refractivity contribution in [2.45, 2.75) is 18.9 Å². The monoisotopic (exact) mass is 308 g/mol. The summed E-state index contributed by atoms with van der Waals surface area (Å²) < 4.78 is 6.74. The maximum Gasteiger partial charge on any atom is 0.141 e. The average molecular weight is 309 g/mol. The number of ether oxygens (including phenoxy) is 1. The van der Waals surface area contributed by atoms with Gasteiger partial charge in [0.15, 0.2) is 0 Å². The molecule has 0 fully saturated rings. The van der Waals surface area contributed by atoms with Gasteiger partial charge in [-0.05, 0) is 29.7 Å². The van der Waals surface area contributed by atoms with E-state index >= 15 is 0 Å². The Morgan fingerprint density at radius 1 is 1.50 bits per heavy atom. The quantitative estimate of drug-likeness (QED) is 0.905. The number of nitrogens with one attached hydrogen (secondary N) is 1. The Hall–Kier alpha value is -1.40. The number of halogens is 1. The van der Waals surface area contributed by atoms with E-state index in [2.05, 4.69) is 43.2 Å². The minimum absolute atomic E-state index is 0.199. The molecule has 0 amide bonds. The molecule has 18 heavy (non-hydrogen) atoms. The Balaban J connectivity index is 1.89. The first kappa shape index (κ1) is 11.7. The van der Waals surface area contributed by atoms with Crippen molar-refractivity contribution in [2.75, 3.05) is 6.61 Å². The Kier molecular flexibility index (Phi) is 3.05. The van der Waals surface area contributed by atoms with Crippen molar-refractivity contribution in [1.82, 2.24) is 15.2 Å². The number of nitrogens with zero attached hydrogens (tertiary/aromatic N) is 2. The molecule has 0 radical (unpaired) electrons. The first-order valence-electron chi connectivity index (χ1n) is 5.79. The van der Waals surface area contributed by atoms with E-state index < -0.39 is 0 Å². The summed E-state index contributed by atoms with van der Waals surface area (Å²) in [6, 6.07) is 3.96. The van der Waals surface area contributed by atoms with Gasteiger partial charge in [0.1, 0.15) is 17.9 Å². The lowest BCUT2D eigenvalue weighted by molar-refractivity contribution is 0.352. The molecule has 1 atom stereocenters. The first-order chi connectivity index (χ1) is 8.74. The van der Waals surface area contributed by atoms with E-state index in [1.54, 1.807) is 0 Å². The fourth-order valence-corrected chi connectivity index (χ4v) is 2.78. The maximum atomic E-state index is 6.11. The Morgan fingerprint density at radius 3 is 3.17 bits per heavy atom. The molecular weight excluding hydrogens is 296 g/mol. The second-order valence-electron chi connectivity index (χ2n) is 4.33. The second-order valence-corrected chi connectivity index (χ2v) is 5.25. The highest BCUT2D eigenvalue weighted by Gasteiger charge is 2.20. The van der Waals surface area contributed by atoms with E-state index in [1.807, 2.05) is 0 Å². The maximum absolute atomic E-state index is 6.11. The van der Waals surface area contributed by atoms with Crippen LogP contribution < -0.4 is 10.5 Å². The van der Waals surface area contributed by atoms with Crippen molar-refractivity contribution in [2.24, 2.45) is 5.73 Å². The smallest absolute Gasteiger partial charge is 0.141 e. The van der Waals surface area contributed by atoms with Gasteiger partial charge in [0, 0.05) is 10.9 Å². The van der Waals surface area contributed by atoms with Crippen LogP contribution in [-0.2, 0) is 12.8 Å².